The summed E-state index contributed by atoms with van der Waals surface area (Å²) in [6.45, 7) is 6.23. The van der Waals surface area contributed by atoms with Crippen LogP contribution >= 0.6 is 0 Å². The molecule has 0 aliphatic heterocycles. The third-order valence-electron chi connectivity index (χ3n) is 9.15. The highest BCUT2D eigenvalue weighted by Gasteiger charge is 2.24. The van der Waals surface area contributed by atoms with E-state index in [9.17, 15) is 19.8 Å². The van der Waals surface area contributed by atoms with Crippen molar-refractivity contribution in [3.8, 4) is 0 Å². The Morgan fingerprint density at radius 2 is 1.08 bits per heavy atom. The monoisotopic (exact) mass is 726 g/mol. The number of hydrogen-bond donors (Lipinski definition) is 3. The summed E-state index contributed by atoms with van der Waals surface area (Å²) in [5.41, 5.74) is 0. The number of aliphatic hydroxyl groups excluding tert-OH is 2. The highest BCUT2D eigenvalue weighted by molar-refractivity contribution is 5.77. The molecular weight excluding hydrogens is 647 g/mol. The van der Waals surface area contributed by atoms with E-state index >= 15 is 0 Å². The molecule has 0 aliphatic carbocycles. The predicted octanol–water partition coefficient (Wildman–Crippen LogP) is 11.9. The fraction of sp³-hybridized carbons (Fsp3) is 0.696. The van der Waals surface area contributed by atoms with Crippen LogP contribution in [0.15, 0.2) is 72.9 Å². The van der Waals surface area contributed by atoms with Gasteiger partial charge in [-0.2, -0.15) is 0 Å². The number of rotatable bonds is 36. The van der Waals surface area contributed by atoms with Crippen LogP contribution < -0.4 is 5.32 Å². The molecule has 0 aliphatic rings. The van der Waals surface area contributed by atoms with Crippen molar-refractivity contribution in [1.29, 1.82) is 0 Å². The number of unbranched alkanes of at least 4 members (excludes halogenated alkanes) is 16. The van der Waals surface area contributed by atoms with Gasteiger partial charge >= 0.3 is 5.97 Å². The Bertz CT molecular complexity index is 995. The molecule has 0 aromatic carbocycles. The average Bonchev–Trinajstić information content (AvgIpc) is 3.13. The number of ether oxygens (including phenoxy) is 1. The predicted molar refractivity (Wildman–Crippen MR) is 222 cm³/mol. The van der Waals surface area contributed by atoms with Gasteiger partial charge in [0.2, 0.25) is 5.91 Å². The highest BCUT2D eigenvalue weighted by atomic mass is 16.5. The van der Waals surface area contributed by atoms with E-state index in [1.807, 2.05) is 42.5 Å². The molecule has 0 aromatic rings. The van der Waals surface area contributed by atoms with Gasteiger partial charge in [-0.3, -0.25) is 9.59 Å². The van der Waals surface area contributed by atoms with E-state index in [0.29, 0.717) is 19.3 Å². The minimum absolute atomic E-state index is 0.0452. The topological polar surface area (TPSA) is 95.9 Å². The molecule has 0 spiro atoms. The van der Waals surface area contributed by atoms with Crippen LogP contribution in [-0.4, -0.2) is 46.9 Å². The number of aliphatic hydroxyl groups is 2. The molecule has 1 amide bonds. The molecule has 3 unspecified atom stereocenters. The lowest BCUT2D eigenvalue weighted by Crippen LogP contribution is -2.46. The molecule has 0 radical (unpaired) electrons. The fourth-order valence-corrected chi connectivity index (χ4v) is 5.90. The zero-order chi connectivity index (χ0) is 38.2. The zero-order valence-corrected chi connectivity index (χ0v) is 33.7. The second kappa shape index (κ2) is 39.5. The molecule has 6 heteroatoms. The number of carbonyl (C=O) groups is 2. The number of carbonyl (C=O) groups excluding carboxylic acids is 2. The van der Waals surface area contributed by atoms with Crippen molar-refractivity contribution in [3.05, 3.63) is 72.9 Å². The number of esters is 1. The van der Waals surface area contributed by atoms with E-state index in [-0.39, 0.29) is 24.9 Å². The van der Waals surface area contributed by atoms with Gasteiger partial charge in [-0.05, 0) is 64.2 Å². The van der Waals surface area contributed by atoms with Crippen molar-refractivity contribution in [2.24, 2.45) is 0 Å². The molecule has 0 saturated heterocycles. The van der Waals surface area contributed by atoms with Crippen LogP contribution in [0.1, 0.15) is 181 Å². The van der Waals surface area contributed by atoms with Gasteiger partial charge in [-0.25, -0.2) is 0 Å². The van der Waals surface area contributed by atoms with Gasteiger partial charge < -0.3 is 20.3 Å². The molecule has 3 atom stereocenters. The van der Waals surface area contributed by atoms with Crippen molar-refractivity contribution < 1.29 is 24.5 Å². The normalized spacial score (nSPS) is 14.2. The van der Waals surface area contributed by atoms with E-state index < -0.39 is 18.2 Å². The maximum atomic E-state index is 13.0. The zero-order valence-electron chi connectivity index (χ0n) is 33.7. The quantitative estimate of drug-likeness (QED) is 0.0259. The lowest BCUT2D eigenvalue weighted by Gasteiger charge is -2.24. The minimum atomic E-state index is -0.798. The minimum Gasteiger partial charge on any atom is -0.462 e. The molecule has 0 aromatic heterocycles. The molecule has 0 heterocycles. The van der Waals surface area contributed by atoms with Gasteiger partial charge in [-0.1, -0.05) is 177 Å². The first kappa shape index (κ1) is 49.3. The van der Waals surface area contributed by atoms with Crippen molar-refractivity contribution in [2.45, 2.75) is 200 Å². The summed E-state index contributed by atoms with van der Waals surface area (Å²) in [6.07, 6.45) is 48.2. The van der Waals surface area contributed by atoms with Crippen LogP contribution in [-0.2, 0) is 14.3 Å². The van der Waals surface area contributed by atoms with E-state index in [1.165, 1.54) is 51.4 Å². The number of allylic oxidation sites excluding steroid dienone is 12. The van der Waals surface area contributed by atoms with Crippen LogP contribution in [0, 0.1) is 0 Å². The molecule has 3 N–H and O–H groups in total. The maximum absolute atomic E-state index is 13.0. The van der Waals surface area contributed by atoms with Crippen molar-refractivity contribution in [3.63, 3.8) is 0 Å². The van der Waals surface area contributed by atoms with E-state index in [2.05, 4.69) is 56.5 Å². The summed E-state index contributed by atoms with van der Waals surface area (Å²) < 4.78 is 5.84. The van der Waals surface area contributed by atoms with Crippen LogP contribution in [0.3, 0.4) is 0 Å². The molecule has 6 nitrogen and oxygen atoms in total. The van der Waals surface area contributed by atoms with Crippen LogP contribution in [0.25, 0.3) is 0 Å². The first-order valence-corrected chi connectivity index (χ1v) is 21.2. The summed E-state index contributed by atoms with van der Waals surface area (Å²) in [5, 5.41) is 23.5. The number of nitrogens with one attached hydrogen (secondary N) is 1. The Labute approximate surface area is 320 Å². The second-order valence-electron chi connectivity index (χ2n) is 14.1. The van der Waals surface area contributed by atoms with Crippen LogP contribution in [0.4, 0.5) is 0 Å². The van der Waals surface area contributed by atoms with Gasteiger partial charge in [-0.15, -0.1) is 0 Å². The van der Waals surface area contributed by atoms with Gasteiger partial charge in [0.05, 0.1) is 25.2 Å². The van der Waals surface area contributed by atoms with Gasteiger partial charge in [0.25, 0.3) is 0 Å². The summed E-state index contributed by atoms with van der Waals surface area (Å²) in [4.78, 5) is 25.8. The second-order valence-corrected chi connectivity index (χ2v) is 14.1. The molecule has 0 rings (SSSR count). The van der Waals surface area contributed by atoms with Crippen molar-refractivity contribution in [1.82, 2.24) is 5.32 Å². The first-order valence-electron chi connectivity index (χ1n) is 21.2. The number of hydrogen-bond acceptors (Lipinski definition) is 5. The molecule has 0 fully saturated rings. The van der Waals surface area contributed by atoms with Crippen molar-refractivity contribution in [2.75, 3.05) is 6.61 Å². The lowest BCUT2D eigenvalue weighted by atomic mass is 10.0. The lowest BCUT2D eigenvalue weighted by molar-refractivity contribution is -0.151. The summed E-state index contributed by atoms with van der Waals surface area (Å²) in [5.74, 6) is -0.552. The Kier molecular flexibility index (Phi) is 37.5. The molecule has 0 bridgehead atoms. The third-order valence-corrected chi connectivity index (χ3v) is 9.15. The smallest absolute Gasteiger partial charge is 0.306 e. The first-order chi connectivity index (χ1) is 25.5. The standard InChI is InChI=1S/C46H79NO5/c1-4-7-10-13-16-19-20-21-22-23-24-27-30-33-36-39-46(51)52-42(37-34-31-28-25-17-14-11-8-5-2)40-45(50)47-43(41-48)44(49)38-35-32-29-26-18-15-12-9-6-3/h7,10,13-14,16-17,19-24,42-44,48-49H,4-6,8-9,11-12,15,18,25-41H2,1-3H3,(H,47,50)/b10-7+,16-13+,17-14-,20-19-,22-21-,24-23+. The molecular formula is C46H79NO5. The molecule has 298 valence electrons. The number of amides is 1. The van der Waals surface area contributed by atoms with Crippen LogP contribution in [0.2, 0.25) is 0 Å². The maximum Gasteiger partial charge on any atom is 0.306 e. The highest BCUT2D eigenvalue weighted by Crippen LogP contribution is 2.16. The van der Waals surface area contributed by atoms with Gasteiger partial charge in [0.15, 0.2) is 0 Å². The third kappa shape index (κ3) is 34.4. The SMILES string of the molecule is CC/C=C/C=C/C=C\C=C/C=C/CCCCCC(=O)OC(CCCCC/C=C\CCCC)CC(=O)NC(CO)C(O)CCCCCCCCCCC. The Balaban J connectivity index is 4.68. The van der Waals surface area contributed by atoms with E-state index in [0.717, 1.165) is 83.5 Å². The summed E-state index contributed by atoms with van der Waals surface area (Å²) >= 11 is 0. The largest absolute Gasteiger partial charge is 0.462 e. The van der Waals surface area contributed by atoms with Crippen LogP contribution in [0.5, 0.6) is 0 Å². The van der Waals surface area contributed by atoms with Gasteiger partial charge in [0.1, 0.15) is 6.10 Å². The van der Waals surface area contributed by atoms with Crippen molar-refractivity contribution >= 4 is 11.9 Å². The Morgan fingerprint density at radius 1 is 0.577 bits per heavy atom. The molecule has 0 saturated carbocycles. The summed E-state index contributed by atoms with van der Waals surface area (Å²) in [7, 11) is 0. The van der Waals surface area contributed by atoms with E-state index in [1.54, 1.807) is 0 Å². The van der Waals surface area contributed by atoms with E-state index in [4.69, 9.17) is 4.74 Å². The Morgan fingerprint density at radius 3 is 1.69 bits per heavy atom. The Hall–Kier alpha value is -2.70. The molecule has 52 heavy (non-hydrogen) atoms. The van der Waals surface area contributed by atoms with Gasteiger partial charge in [0, 0.05) is 6.42 Å². The summed E-state index contributed by atoms with van der Waals surface area (Å²) in [6, 6.07) is -0.714. The fourth-order valence-electron chi connectivity index (χ4n) is 5.90. The average molecular weight is 726 g/mol.